The van der Waals surface area contributed by atoms with E-state index in [-0.39, 0.29) is 0 Å². The molecule has 0 saturated heterocycles. The van der Waals surface area contributed by atoms with Crippen molar-refractivity contribution in [3.05, 3.63) is 17.0 Å². The molecule has 1 rings (SSSR count). The molecule has 0 radical (unpaired) electrons. The number of rotatable bonds is 11. The molecule has 0 bridgehead atoms. The van der Waals surface area contributed by atoms with Crippen LogP contribution in [0.4, 0.5) is 0 Å². The number of hydrogen-bond acceptors (Lipinski definition) is 2. The Balaban J connectivity index is 2.41. The molecule has 3 nitrogen and oxygen atoms in total. The van der Waals surface area contributed by atoms with Gasteiger partial charge in [0.05, 0.1) is 5.69 Å². The van der Waals surface area contributed by atoms with Crippen molar-refractivity contribution < 1.29 is 0 Å². The molecule has 0 aliphatic carbocycles. The summed E-state index contributed by atoms with van der Waals surface area (Å²) in [7, 11) is 0. The number of nitrogens with zero attached hydrogens (tertiary/aromatic N) is 2. The predicted molar refractivity (Wildman–Crippen MR) is 86.9 cm³/mol. The highest BCUT2D eigenvalue weighted by Crippen LogP contribution is 2.17. The molecule has 0 amide bonds. The summed E-state index contributed by atoms with van der Waals surface area (Å²) < 4.78 is 2.22. The van der Waals surface area contributed by atoms with Gasteiger partial charge in [0.1, 0.15) is 0 Å². The molecule has 2 N–H and O–H groups in total. The minimum absolute atomic E-state index is 0.628. The van der Waals surface area contributed by atoms with Gasteiger partial charge in [0.2, 0.25) is 0 Å². The maximum absolute atomic E-state index is 5.89. The second-order valence-electron chi connectivity index (χ2n) is 5.63. The van der Waals surface area contributed by atoms with Crippen molar-refractivity contribution in [1.82, 2.24) is 9.78 Å². The van der Waals surface area contributed by atoms with E-state index < -0.39 is 0 Å². The van der Waals surface area contributed by atoms with E-state index in [9.17, 15) is 0 Å². The van der Waals surface area contributed by atoms with E-state index in [4.69, 9.17) is 10.8 Å². The number of unbranched alkanes of at least 4 members (excludes halogenated alkanes) is 6. The Morgan fingerprint density at radius 2 is 1.55 bits per heavy atom. The Labute approximate surface area is 124 Å². The Morgan fingerprint density at radius 3 is 2.10 bits per heavy atom. The smallest absolute Gasteiger partial charge is 0.0669 e. The largest absolute Gasteiger partial charge is 0.326 e. The highest BCUT2D eigenvalue weighted by atomic mass is 15.3. The van der Waals surface area contributed by atoms with Crippen LogP contribution >= 0.6 is 0 Å². The standard InChI is InChI=1S/C17H33N3/c1-4-7-8-9-10-11-12-13-20-17(6-3)15(14-18)16(5-2)19-20/h4-14,18H2,1-3H3. The number of nitrogens with two attached hydrogens (primary N) is 1. The van der Waals surface area contributed by atoms with E-state index in [0.717, 1.165) is 19.4 Å². The van der Waals surface area contributed by atoms with Crippen molar-refractivity contribution in [2.45, 2.75) is 91.6 Å². The number of aryl methyl sites for hydroxylation is 2. The maximum atomic E-state index is 5.89. The van der Waals surface area contributed by atoms with Gasteiger partial charge in [-0.05, 0) is 19.3 Å². The molecule has 20 heavy (non-hydrogen) atoms. The first-order valence-electron chi connectivity index (χ1n) is 8.55. The molecule has 0 spiro atoms. The molecule has 0 aliphatic rings. The van der Waals surface area contributed by atoms with Gasteiger partial charge in [-0.3, -0.25) is 4.68 Å². The topological polar surface area (TPSA) is 43.8 Å². The monoisotopic (exact) mass is 279 g/mol. The van der Waals surface area contributed by atoms with Crippen LogP contribution in [0, 0.1) is 0 Å². The van der Waals surface area contributed by atoms with Crippen LogP contribution < -0.4 is 5.73 Å². The lowest BCUT2D eigenvalue weighted by Crippen LogP contribution is -2.07. The molecule has 0 atom stereocenters. The van der Waals surface area contributed by atoms with Crippen molar-refractivity contribution in [3.8, 4) is 0 Å². The average molecular weight is 279 g/mol. The highest BCUT2D eigenvalue weighted by Gasteiger charge is 2.13. The van der Waals surface area contributed by atoms with Crippen LogP contribution in [-0.2, 0) is 25.9 Å². The van der Waals surface area contributed by atoms with Crippen LogP contribution in [-0.4, -0.2) is 9.78 Å². The van der Waals surface area contributed by atoms with Gasteiger partial charge in [-0.1, -0.05) is 59.3 Å². The fourth-order valence-corrected chi connectivity index (χ4v) is 2.91. The summed E-state index contributed by atoms with van der Waals surface area (Å²) in [6, 6.07) is 0. The zero-order valence-electron chi connectivity index (χ0n) is 13.7. The lowest BCUT2D eigenvalue weighted by Gasteiger charge is -2.07. The van der Waals surface area contributed by atoms with Crippen molar-refractivity contribution in [2.24, 2.45) is 5.73 Å². The van der Waals surface area contributed by atoms with Gasteiger partial charge < -0.3 is 5.73 Å². The van der Waals surface area contributed by atoms with Crippen LogP contribution in [0.2, 0.25) is 0 Å². The van der Waals surface area contributed by atoms with E-state index >= 15 is 0 Å². The molecular weight excluding hydrogens is 246 g/mol. The average Bonchev–Trinajstić information content (AvgIpc) is 2.83. The zero-order valence-corrected chi connectivity index (χ0v) is 13.7. The summed E-state index contributed by atoms with van der Waals surface area (Å²) in [4.78, 5) is 0. The molecule has 0 aliphatic heterocycles. The summed E-state index contributed by atoms with van der Waals surface area (Å²) in [6.45, 7) is 8.33. The van der Waals surface area contributed by atoms with Gasteiger partial charge in [-0.15, -0.1) is 0 Å². The summed E-state index contributed by atoms with van der Waals surface area (Å²) >= 11 is 0. The van der Waals surface area contributed by atoms with Crippen molar-refractivity contribution in [2.75, 3.05) is 0 Å². The molecular formula is C17H33N3. The summed E-state index contributed by atoms with van der Waals surface area (Å²) in [5.74, 6) is 0. The molecule has 0 unspecified atom stereocenters. The summed E-state index contributed by atoms with van der Waals surface area (Å²) in [5.41, 5.74) is 9.73. The van der Waals surface area contributed by atoms with Crippen molar-refractivity contribution >= 4 is 0 Å². The molecule has 0 fully saturated rings. The Bertz CT molecular complexity index is 369. The highest BCUT2D eigenvalue weighted by molar-refractivity contribution is 5.26. The van der Waals surface area contributed by atoms with Gasteiger partial charge in [0, 0.05) is 24.3 Å². The minimum atomic E-state index is 0.628. The second-order valence-corrected chi connectivity index (χ2v) is 5.63. The van der Waals surface area contributed by atoms with E-state index in [1.54, 1.807) is 0 Å². The molecule has 3 heteroatoms. The van der Waals surface area contributed by atoms with E-state index in [1.165, 1.54) is 61.9 Å². The molecule has 116 valence electrons. The summed E-state index contributed by atoms with van der Waals surface area (Å²) in [6.07, 6.45) is 11.5. The van der Waals surface area contributed by atoms with Crippen LogP contribution in [0.1, 0.15) is 82.7 Å². The maximum Gasteiger partial charge on any atom is 0.0669 e. The molecule has 1 aromatic rings. The predicted octanol–water partition coefficient (Wildman–Crippen LogP) is 4.22. The zero-order chi connectivity index (χ0) is 14.8. The third-order valence-electron chi connectivity index (χ3n) is 4.10. The van der Waals surface area contributed by atoms with Gasteiger partial charge in [0.25, 0.3) is 0 Å². The van der Waals surface area contributed by atoms with Gasteiger partial charge in [-0.2, -0.15) is 5.10 Å². The fraction of sp³-hybridized carbons (Fsp3) is 0.824. The lowest BCUT2D eigenvalue weighted by atomic mass is 10.1. The molecule has 0 saturated carbocycles. The van der Waals surface area contributed by atoms with Gasteiger partial charge in [-0.25, -0.2) is 0 Å². The van der Waals surface area contributed by atoms with Gasteiger partial charge >= 0.3 is 0 Å². The van der Waals surface area contributed by atoms with Crippen molar-refractivity contribution in [3.63, 3.8) is 0 Å². The number of hydrogen-bond donors (Lipinski definition) is 1. The number of aromatic nitrogens is 2. The second kappa shape index (κ2) is 9.98. The quantitative estimate of drug-likeness (QED) is 0.616. The van der Waals surface area contributed by atoms with Crippen LogP contribution in [0.3, 0.4) is 0 Å². The Morgan fingerprint density at radius 1 is 0.900 bits per heavy atom. The third-order valence-corrected chi connectivity index (χ3v) is 4.10. The summed E-state index contributed by atoms with van der Waals surface area (Å²) in [5, 5.41) is 4.75. The normalized spacial score (nSPS) is 11.2. The van der Waals surface area contributed by atoms with Gasteiger partial charge in [0.15, 0.2) is 0 Å². The molecule has 1 heterocycles. The lowest BCUT2D eigenvalue weighted by molar-refractivity contribution is 0.508. The Hall–Kier alpha value is -0.830. The van der Waals surface area contributed by atoms with E-state index in [1.807, 2.05) is 0 Å². The van der Waals surface area contributed by atoms with E-state index in [2.05, 4.69) is 25.5 Å². The first kappa shape index (κ1) is 17.2. The first-order chi connectivity index (χ1) is 9.78. The van der Waals surface area contributed by atoms with Crippen LogP contribution in [0.5, 0.6) is 0 Å². The van der Waals surface area contributed by atoms with Crippen LogP contribution in [0.25, 0.3) is 0 Å². The van der Waals surface area contributed by atoms with E-state index in [0.29, 0.717) is 6.54 Å². The Kier molecular flexibility index (Phi) is 8.59. The van der Waals surface area contributed by atoms with Crippen molar-refractivity contribution in [1.29, 1.82) is 0 Å². The van der Waals surface area contributed by atoms with Crippen LogP contribution in [0.15, 0.2) is 0 Å². The SMILES string of the molecule is CCCCCCCCCn1nc(CC)c(CN)c1CC. The third kappa shape index (κ3) is 4.93. The molecule has 0 aromatic carbocycles. The minimum Gasteiger partial charge on any atom is -0.326 e. The fourth-order valence-electron chi connectivity index (χ4n) is 2.91. The molecule has 1 aromatic heterocycles. The first-order valence-corrected chi connectivity index (χ1v) is 8.55.